The van der Waals surface area contributed by atoms with Crippen LogP contribution >= 0.6 is 0 Å². The number of hydrogen-bond donors (Lipinski definition) is 4. The molecule has 2 aromatic carbocycles. The molecule has 9 nitrogen and oxygen atoms in total. The van der Waals surface area contributed by atoms with Gasteiger partial charge in [-0.3, -0.25) is 14.9 Å². The van der Waals surface area contributed by atoms with Gasteiger partial charge in [-0.2, -0.15) is 0 Å². The summed E-state index contributed by atoms with van der Waals surface area (Å²) in [6.07, 6.45) is 0.522. The van der Waals surface area contributed by atoms with Gasteiger partial charge in [0.05, 0.1) is 35.0 Å². The van der Waals surface area contributed by atoms with Crippen molar-refractivity contribution in [2.75, 3.05) is 25.0 Å². The highest BCUT2D eigenvalue weighted by Gasteiger charge is 2.44. The van der Waals surface area contributed by atoms with Gasteiger partial charge in [-0.25, -0.2) is 13.2 Å². The predicted molar refractivity (Wildman–Crippen MR) is 109 cm³/mol. The molecular weight excluding hydrogens is 431 g/mol. The van der Waals surface area contributed by atoms with Crippen molar-refractivity contribution in [2.24, 2.45) is 5.73 Å². The van der Waals surface area contributed by atoms with Gasteiger partial charge in [0.2, 0.25) is 0 Å². The third kappa shape index (κ3) is 4.91. The molecule has 3 rings (SSSR count). The summed E-state index contributed by atoms with van der Waals surface area (Å²) >= 11 is 0. The monoisotopic (exact) mass is 451 g/mol. The Bertz CT molecular complexity index is 1100. The number of rotatable bonds is 7. The number of nitrogens with one attached hydrogen (secondary N) is 2. The summed E-state index contributed by atoms with van der Waals surface area (Å²) in [7, 11) is 0. The van der Waals surface area contributed by atoms with Crippen LogP contribution in [0.5, 0.6) is 0 Å². The number of β-amino-alcohol motifs (C(OH)–C–C–N with tert-alkyl or cyclic N) is 1. The number of nitrogens with two attached hydrogens (primary N) is 1. The lowest BCUT2D eigenvalue weighted by atomic mass is 9.92. The Morgan fingerprint density at radius 3 is 2.59 bits per heavy atom. The standard InChI is InChI=1S/C20H20F3N5O4/c1-11-2-5-15(14(22)6-11)26-18-12(3-4-13(21)17(18)23)19(29)27-9-20(30,10-27)8-25-16(24)7-28(31)32/h2-7,25-26,30H,8-10,24H2,1H3/b16-7-. The summed E-state index contributed by atoms with van der Waals surface area (Å²) in [5.74, 6) is -4.30. The Kier molecular flexibility index (Phi) is 6.25. The Morgan fingerprint density at radius 2 is 1.97 bits per heavy atom. The van der Waals surface area contributed by atoms with Gasteiger partial charge in [0.25, 0.3) is 12.1 Å². The van der Waals surface area contributed by atoms with Crippen LogP contribution in [0.3, 0.4) is 0 Å². The van der Waals surface area contributed by atoms with Crippen molar-refractivity contribution in [1.82, 2.24) is 10.2 Å². The number of aryl methyl sites for hydroxylation is 1. The van der Waals surface area contributed by atoms with E-state index in [0.717, 1.165) is 12.1 Å². The molecule has 1 aliphatic heterocycles. The van der Waals surface area contributed by atoms with Crippen molar-refractivity contribution in [3.05, 3.63) is 81.0 Å². The molecule has 0 atom stereocenters. The van der Waals surface area contributed by atoms with Crippen molar-refractivity contribution in [3.63, 3.8) is 0 Å². The highest BCUT2D eigenvalue weighted by atomic mass is 19.2. The number of hydrogen-bond acceptors (Lipinski definition) is 7. The number of anilines is 2. The average Bonchev–Trinajstić information content (AvgIpc) is 2.68. The number of halogens is 3. The molecule has 0 bridgehead atoms. The number of carbonyl (C=O) groups is 1. The van der Waals surface area contributed by atoms with Crippen LogP contribution in [0.15, 0.2) is 42.4 Å². The molecule has 0 unspecified atom stereocenters. The number of carbonyl (C=O) groups excluding carboxylic acids is 1. The van der Waals surface area contributed by atoms with Crippen molar-refractivity contribution in [2.45, 2.75) is 12.5 Å². The smallest absolute Gasteiger partial charge is 0.273 e. The highest BCUT2D eigenvalue weighted by Crippen LogP contribution is 2.31. The maximum Gasteiger partial charge on any atom is 0.273 e. The van der Waals surface area contributed by atoms with E-state index >= 15 is 0 Å². The third-order valence-corrected chi connectivity index (χ3v) is 4.83. The van der Waals surface area contributed by atoms with Crippen molar-refractivity contribution in [1.29, 1.82) is 0 Å². The highest BCUT2D eigenvalue weighted by molar-refractivity contribution is 6.01. The normalized spacial score (nSPS) is 15.2. The first-order valence-electron chi connectivity index (χ1n) is 9.36. The zero-order valence-corrected chi connectivity index (χ0v) is 16.9. The van der Waals surface area contributed by atoms with Crippen molar-refractivity contribution in [3.8, 4) is 0 Å². The van der Waals surface area contributed by atoms with Crippen LogP contribution < -0.4 is 16.4 Å². The molecule has 1 fully saturated rings. The molecule has 1 saturated heterocycles. The first-order valence-corrected chi connectivity index (χ1v) is 9.36. The Hall–Kier alpha value is -3.80. The van der Waals surface area contributed by atoms with E-state index in [-0.39, 0.29) is 36.7 Å². The van der Waals surface area contributed by atoms with E-state index in [0.29, 0.717) is 11.8 Å². The van der Waals surface area contributed by atoms with E-state index in [2.05, 4.69) is 10.6 Å². The van der Waals surface area contributed by atoms with Gasteiger partial charge in [-0.05, 0) is 36.8 Å². The second-order valence-corrected chi connectivity index (χ2v) is 7.50. The molecule has 0 aromatic heterocycles. The second kappa shape index (κ2) is 8.75. The Labute approximate surface area is 180 Å². The number of aliphatic hydroxyl groups is 1. The minimum atomic E-state index is -1.43. The summed E-state index contributed by atoms with van der Waals surface area (Å²) in [4.78, 5) is 23.6. The van der Waals surface area contributed by atoms with Gasteiger partial charge in [-0.1, -0.05) is 6.07 Å². The van der Waals surface area contributed by atoms with E-state index in [1.165, 1.54) is 17.0 Å². The molecular formula is C20H20F3N5O4. The number of nitro groups is 1. The van der Waals surface area contributed by atoms with Crippen LogP contribution in [0.25, 0.3) is 0 Å². The van der Waals surface area contributed by atoms with Crippen molar-refractivity contribution < 1.29 is 28.0 Å². The molecule has 1 aliphatic rings. The topological polar surface area (TPSA) is 134 Å². The first kappa shape index (κ1) is 22.9. The molecule has 1 heterocycles. The van der Waals surface area contributed by atoms with E-state index in [4.69, 9.17) is 5.73 Å². The fourth-order valence-corrected chi connectivity index (χ4v) is 3.22. The van der Waals surface area contributed by atoms with Gasteiger partial charge in [0.1, 0.15) is 11.4 Å². The molecule has 32 heavy (non-hydrogen) atoms. The second-order valence-electron chi connectivity index (χ2n) is 7.50. The minimum absolute atomic E-state index is 0.147. The number of amides is 1. The van der Waals surface area contributed by atoms with E-state index < -0.39 is 39.6 Å². The summed E-state index contributed by atoms with van der Waals surface area (Å²) in [6, 6.07) is 5.92. The molecule has 0 saturated carbocycles. The number of likely N-dealkylation sites (tertiary alicyclic amines) is 1. The predicted octanol–water partition coefficient (Wildman–Crippen LogP) is 1.97. The zero-order valence-electron chi connectivity index (χ0n) is 16.9. The lowest BCUT2D eigenvalue weighted by Crippen LogP contribution is -2.67. The Balaban J connectivity index is 1.76. The third-order valence-electron chi connectivity index (χ3n) is 4.83. The molecule has 12 heteroatoms. The molecule has 5 N–H and O–H groups in total. The van der Waals surface area contributed by atoms with Gasteiger partial charge in [0, 0.05) is 6.54 Å². The molecule has 0 aliphatic carbocycles. The van der Waals surface area contributed by atoms with Crippen LogP contribution in [0.4, 0.5) is 24.5 Å². The molecule has 1 amide bonds. The Morgan fingerprint density at radius 1 is 1.28 bits per heavy atom. The zero-order chi connectivity index (χ0) is 23.6. The molecule has 0 radical (unpaired) electrons. The molecule has 0 spiro atoms. The number of nitrogens with zero attached hydrogens (tertiary/aromatic N) is 2. The van der Waals surface area contributed by atoms with Gasteiger partial charge < -0.3 is 26.4 Å². The van der Waals surface area contributed by atoms with Gasteiger partial charge in [-0.15, -0.1) is 0 Å². The van der Waals surface area contributed by atoms with Gasteiger partial charge in [0.15, 0.2) is 17.5 Å². The van der Waals surface area contributed by atoms with Crippen LogP contribution in [-0.4, -0.2) is 46.1 Å². The van der Waals surface area contributed by atoms with Gasteiger partial charge >= 0.3 is 0 Å². The summed E-state index contributed by atoms with van der Waals surface area (Å²) in [6.45, 7) is 1.10. The quantitative estimate of drug-likeness (QED) is 0.374. The summed E-state index contributed by atoms with van der Waals surface area (Å²) < 4.78 is 42.5. The van der Waals surface area contributed by atoms with E-state index in [1.807, 2.05) is 0 Å². The van der Waals surface area contributed by atoms with Crippen LogP contribution in [-0.2, 0) is 0 Å². The lowest BCUT2D eigenvalue weighted by Gasteiger charge is -2.46. The molecule has 170 valence electrons. The van der Waals surface area contributed by atoms with E-state index in [9.17, 15) is 33.2 Å². The summed E-state index contributed by atoms with van der Waals surface area (Å²) in [5, 5.41) is 25.7. The summed E-state index contributed by atoms with van der Waals surface area (Å²) in [5.41, 5.74) is 3.64. The number of benzene rings is 2. The first-order chi connectivity index (χ1) is 15.0. The van der Waals surface area contributed by atoms with Crippen LogP contribution in [0.1, 0.15) is 15.9 Å². The lowest BCUT2D eigenvalue weighted by molar-refractivity contribution is -0.403. The minimum Gasteiger partial charge on any atom is -0.384 e. The van der Waals surface area contributed by atoms with E-state index in [1.54, 1.807) is 13.0 Å². The SMILES string of the molecule is Cc1ccc(Nc2c(C(=O)N3CC(O)(CN/C(N)=C\[N+](=O)[O-])C3)ccc(F)c2F)c(F)c1. The van der Waals surface area contributed by atoms with Crippen molar-refractivity contribution >= 4 is 17.3 Å². The maximum absolute atomic E-state index is 14.5. The fraction of sp³-hybridized carbons (Fsp3) is 0.250. The molecule has 2 aromatic rings. The average molecular weight is 451 g/mol. The van der Waals surface area contributed by atoms with Crippen LogP contribution in [0, 0.1) is 34.5 Å². The van der Waals surface area contributed by atoms with Crippen LogP contribution in [0.2, 0.25) is 0 Å². The maximum atomic E-state index is 14.5. The fourth-order valence-electron chi connectivity index (χ4n) is 3.22. The largest absolute Gasteiger partial charge is 0.384 e.